The molecule has 1 N–H and O–H groups in total. The van der Waals surface area contributed by atoms with Crippen LogP contribution in [0.25, 0.3) is 0 Å². The van der Waals surface area contributed by atoms with Crippen LogP contribution in [-0.2, 0) is 4.79 Å². The maximum atomic E-state index is 12.7. The van der Waals surface area contributed by atoms with Gasteiger partial charge in [-0.2, -0.15) is 0 Å². The van der Waals surface area contributed by atoms with Crippen LogP contribution >= 0.6 is 12.4 Å². The monoisotopic (exact) mass is 342 g/mol. The van der Waals surface area contributed by atoms with Gasteiger partial charge in [0.15, 0.2) is 0 Å². The van der Waals surface area contributed by atoms with E-state index in [1.165, 1.54) is 44.9 Å². The quantitative estimate of drug-likeness (QED) is 0.708. The first-order valence-electron chi connectivity index (χ1n) is 9.30. The summed E-state index contributed by atoms with van der Waals surface area (Å²) in [6, 6.07) is 0. The van der Waals surface area contributed by atoms with Crippen LogP contribution in [0.4, 0.5) is 0 Å². The number of halogens is 1. The minimum atomic E-state index is 0. The number of hydrogen-bond acceptors (Lipinski definition) is 2. The molecular formula is C19H35ClN2O. The van der Waals surface area contributed by atoms with E-state index in [0.29, 0.717) is 36.6 Å². The molecule has 0 aromatic heterocycles. The molecule has 23 heavy (non-hydrogen) atoms. The maximum absolute atomic E-state index is 12.7. The second kappa shape index (κ2) is 11.1. The highest BCUT2D eigenvalue weighted by atomic mass is 35.5. The maximum Gasteiger partial charge on any atom is 0.223 e. The molecule has 1 amide bonds. The lowest BCUT2D eigenvalue weighted by Crippen LogP contribution is -2.38. The normalized spacial score (nSPS) is 21.3. The molecule has 1 aliphatic heterocycles. The number of nitrogens with one attached hydrogen (secondary N) is 1. The Hall–Kier alpha value is -0.540. The van der Waals surface area contributed by atoms with Crippen molar-refractivity contribution in [1.29, 1.82) is 0 Å². The summed E-state index contributed by atoms with van der Waals surface area (Å²) in [5.41, 5.74) is 0. The number of carbonyl (C=O) groups is 1. The molecule has 3 nitrogen and oxygen atoms in total. The topological polar surface area (TPSA) is 32.3 Å². The highest BCUT2D eigenvalue weighted by molar-refractivity contribution is 5.85. The van der Waals surface area contributed by atoms with Crippen molar-refractivity contribution in [3.8, 4) is 0 Å². The van der Waals surface area contributed by atoms with E-state index in [2.05, 4.69) is 23.7 Å². The summed E-state index contributed by atoms with van der Waals surface area (Å²) in [4.78, 5) is 14.8. The molecule has 134 valence electrons. The number of carbonyl (C=O) groups excluding carboxylic acids is 1. The Balaban J connectivity index is 0.00000264. The second-order valence-electron chi connectivity index (χ2n) is 7.36. The lowest BCUT2D eigenvalue weighted by molar-refractivity contribution is -0.132. The van der Waals surface area contributed by atoms with E-state index in [1.807, 2.05) is 6.08 Å². The van der Waals surface area contributed by atoms with E-state index < -0.39 is 0 Å². The molecule has 0 aromatic rings. The molecule has 1 aliphatic carbocycles. The highest BCUT2D eigenvalue weighted by Gasteiger charge is 2.25. The zero-order valence-electron chi connectivity index (χ0n) is 14.8. The van der Waals surface area contributed by atoms with E-state index in [0.717, 1.165) is 19.6 Å². The Labute approximate surface area is 148 Å². The Morgan fingerprint density at radius 1 is 1.22 bits per heavy atom. The first-order valence-corrected chi connectivity index (χ1v) is 9.30. The number of piperidine rings is 1. The zero-order chi connectivity index (χ0) is 15.8. The predicted molar refractivity (Wildman–Crippen MR) is 100.0 cm³/mol. The molecular weight excluding hydrogens is 308 g/mol. The van der Waals surface area contributed by atoms with Crippen LogP contribution in [0.1, 0.15) is 58.3 Å². The molecule has 0 aromatic carbocycles. The van der Waals surface area contributed by atoms with Gasteiger partial charge in [-0.15, -0.1) is 19.0 Å². The molecule has 2 aliphatic rings. The summed E-state index contributed by atoms with van der Waals surface area (Å²) in [5, 5.41) is 3.41. The summed E-state index contributed by atoms with van der Waals surface area (Å²) in [6.07, 6.45) is 11.7. The van der Waals surface area contributed by atoms with E-state index in [1.54, 1.807) is 0 Å². The fourth-order valence-electron chi connectivity index (χ4n) is 4.10. The van der Waals surface area contributed by atoms with Crippen LogP contribution in [-0.4, -0.2) is 37.0 Å². The van der Waals surface area contributed by atoms with E-state index in [-0.39, 0.29) is 12.4 Å². The molecule has 2 rings (SSSR count). The first kappa shape index (κ1) is 20.5. The lowest BCUT2D eigenvalue weighted by Gasteiger charge is -2.32. The molecule has 0 spiro atoms. The second-order valence-corrected chi connectivity index (χ2v) is 7.36. The third-order valence-corrected chi connectivity index (χ3v) is 5.59. The van der Waals surface area contributed by atoms with Crippen LogP contribution in [0.15, 0.2) is 12.7 Å². The largest absolute Gasteiger partial charge is 0.339 e. The summed E-state index contributed by atoms with van der Waals surface area (Å²) in [6.45, 7) is 10.00. The van der Waals surface area contributed by atoms with E-state index in [9.17, 15) is 4.79 Å². The molecule has 0 bridgehead atoms. The van der Waals surface area contributed by atoms with E-state index >= 15 is 0 Å². The highest BCUT2D eigenvalue weighted by Crippen LogP contribution is 2.27. The number of hydrogen-bond donors (Lipinski definition) is 1. The standard InChI is InChI=1S/C19H34N2O.ClH/c1-3-13-21(15-17-7-5-4-6-8-17)19(22)14-16(2)18-9-11-20-12-10-18;/h3,16-18,20H,1,4-15H2,2H3;1H. The van der Waals surface area contributed by atoms with Crippen molar-refractivity contribution in [3.63, 3.8) is 0 Å². The molecule has 1 saturated carbocycles. The van der Waals surface area contributed by atoms with Gasteiger partial charge in [0.25, 0.3) is 0 Å². The van der Waals surface area contributed by atoms with Crippen molar-refractivity contribution in [2.45, 2.75) is 58.3 Å². The average Bonchev–Trinajstić information content (AvgIpc) is 2.56. The third-order valence-electron chi connectivity index (χ3n) is 5.59. The van der Waals surface area contributed by atoms with Crippen LogP contribution in [0.5, 0.6) is 0 Å². The van der Waals surface area contributed by atoms with Crippen molar-refractivity contribution < 1.29 is 4.79 Å². The Kier molecular flexibility index (Phi) is 9.89. The Morgan fingerprint density at radius 2 is 1.87 bits per heavy atom. The molecule has 1 saturated heterocycles. The molecule has 1 unspecified atom stereocenters. The van der Waals surface area contributed by atoms with E-state index in [4.69, 9.17) is 0 Å². The fraction of sp³-hybridized carbons (Fsp3) is 0.842. The molecule has 1 heterocycles. The zero-order valence-corrected chi connectivity index (χ0v) is 15.6. The summed E-state index contributed by atoms with van der Waals surface area (Å²) >= 11 is 0. The third kappa shape index (κ3) is 6.84. The van der Waals surface area contributed by atoms with Crippen molar-refractivity contribution in [3.05, 3.63) is 12.7 Å². The predicted octanol–water partition coefficient (Wildman–Crippen LogP) is 4.03. The molecule has 0 radical (unpaired) electrons. The van der Waals surface area contributed by atoms with Gasteiger partial charge in [-0.3, -0.25) is 4.79 Å². The van der Waals surface area contributed by atoms with Gasteiger partial charge in [0.05, 0.1) is 0 Å². The minimum absolute atomic E-state index is 0. The number of amides is 1. The summed E-state index contributed by atoms with van der Waals surface area (Å²) < 4.78 is 0. The average molecular weight is 343 g/mol. The first-order chi connectivity index (χ1) is 10.7. The Morgan fingerprint density at radius 3 is 2.48 bits per heavy atom. The van der Waals surface area contributed by atoms with Crippen LogP contribution in [0.3, 0.4) is 0 Å². The van der Waals surface area contributed by atoms with Crippen molar-refractivity contribution in [2.75, 3.05) is 26.2 Å². The van der Waals surface area contributed by atoms with Crippen molar-refractivity contribution >= 4 is 18.3 Å². The smallest absolute Gasteiger partial charge is 0.223 e. The summed E-state index contributed by atoms with van der Waals surface area (Å²) in [7, 11) is 0. The van der Waals surface area contributed by atoms with Crippen LogP contribution in [0, 0.1) is 17.8 Å². The van der Waals surface area contributed by atoms with Crippen LogP contribution < -0.4 is 5.32 Å². The molecule has 1 atom stereocenters. The molecule has 4 heteroatoms. The van der Waals surface area contributed by atoms with Gasteiger partial charge in [-0.25, -0.2) is 0 Å². The van der Waals surface area contributed by atoms with Gasteiger partial charge in [0.2, 0.25) is 5.91 Å². The SMILES string of the molecule is C=CCN(CC1CCCCC1)C(=O)CC(C)C1CCNCC1.Cl. The Bertz CT molecular complexity index is 349. The fourth-order valence-corrected chi connectivity index (χ4v) is 4.10. The van der Waals surface area contributed by atoms with Gasteiger partial charge in [0.1, 0.15) is 0 Å². The van der Waals surface area contributed by atoms with Gasteiger partial charge in [0, 0.05) is 19.5 Å². The summed E-state index contributed by atoms with van der Waals surface area (Å²) in [5.74, 6) is 2.28. The molecule has 2 fully saturated rings. The van der Waals surface area contributed by atoms with Crippen molar-refractivity contribution in [1.82, 2.24) is 10.2 Å². The minimum Gasteiger partial charge on any atom is -0.339 e. The van der Waals surface area contributed by atoms with Gasteiger partial charge in [-0.1, -0.05) is 32.3 Å². The van der Waals surface area contributed by atoms with Gasteiger partial charge < -0.3 is 10.2 Å². The van der Waals surface area contributed by atoms with Crippen molar-refractivity contribution in [2.24, 2.45) is 17.8 Å². The number of nitrogens with zero attached hydrogens (tertiary/aromatic N) is 1. The van der Waals surface area contributed by atoms with Gasteiger partial charge >= 0.3 is 0 Å². The van der Waals surface area contributed by atoms with Gasteiger partial charge in [-0.05, 0) is 56.5 Å². The van der Waals surface area contributed by atoms with Crippen LogP contribution in [0.2, 0.25) is 0 Å². The lowest BCUT2D eigenvalue weighted by atomic mass is 9.83. The number of rotatable bonds is 7.